The maximum absolute atomic E-state index is 12.2. The Morgan fingerprint density at radius 2 is 1.47 bits per heavy atom. The predicted octanol–water partition coefficient (Wildman–Crippen LogP) is 4.28. The fourth-order valence-corrected chi connectivity index (χ4v) is 5.47. The van der Waals surface area contributed by atoms with Crippen LogP contribution in [0.25, 0.3) is 16.8 Å². The van der Waals surface area contributed by atoms with Crippen molar-refractivity contribution in [3.05, 3.63) is 102 Å². The van der Waals surface area contributed by atoms with Gasteiger partial charge < -0.3 is 9.79 Å². The summed E-state index contributed by atoms with van der Waals surface area (Å²) in [5.41, 5.74) is 7.08. The van der Waals surface area contributed by atoms with Crippen LogP contribution in [0.3, 0.4) is 0 Å². The highest BCUT2D eigenvalue weighted by Crippen LogP contribution is 2.54. The van der Waals surface area contributed by atoms with Crippen molar-refractivity contribution in [1.82, 2.24) is 0 Å². The smallest absolute Gasteiger partial charge is 0.324 e. The zero-order valence-corrected chi connectivity index (χ0v) is 19.5. The molecule has 0 saturated carbocycles. The molecular formula is C26H29N2O3P+2. The number of hydrogen-bond donors (Lipinski definition) is 2. The first-order valence-electron chi connectivity index (χ1n) is 10.7. The quantitative estimate of drug-likeness (QED) is 0.453. The summed E-state index contributed by atoms with van der Waals surface area (Å²) in [4.78, 5) is 19.9. The van der Waals surface area contributed by atoms with Crippen LogP contribution in [0.1, 0.15) is 23.1 Å². The first-order chi connectivity index (χ1) is 15.2. The van der Waals surface area contributed by atoms with Gasteiger partial charge in [-0.05, 0) is 50.5 Å². The van der Waals surface area contributed by atoms with E-state index in [1.807, 2.05) is 41.2 Å². The molecule has 2 heterocycles. The third-order valence-electron chi connectivity index (χ3n) is 6.11. The Labute approximate surface area is 189 Å². The molecule has 1 aliphatic carbocycles. The van der Waals surface area contributed by atoms with Gasteiger partial charge in [-0.3, -0.25) is 4.57 Å². The topological polar surface area (TPSA) is 65.3 Å². The lowest BCUT2D eigenvalue weighted by molar-refractivity contribution is -0.699. The Hall–Kier alpha value is -2.85. The van der Waals surface area contributed by atoms with Crippen LogP contribution in [0, 0.1) is 20.8 Å². The molecule has 0 fully saturated rings. The summed E-state index contributed by atoms with van der Waals surface area (Å²) >= 11 is 0. The van der Waals surface area contributed by atoms with Gasteiger partial charge in [0.1, 0.15) is 0 Å². The third-order valence-corrected chi connectivity index (χ3v) is 7.74. The van der Waals surface area contributed by atoms with Crippen LogP contribution in [0.2, 0.25) is 0 Å². The normalized spacial score (nSPS) is 18.2. The minimum absolute atomic E-state index is 0.221. The van der Waals surface area contributed by atoms with Gasteiger partial charge in [-0.25, -0.2) is 4.57 Å². The van der Waals surface area contributed by atoms with Crippen LogP contribution >= 0.6 is 7.60 Å². The monoisotopic (exact) mass is 448 g/mol. The van der Waals surface area contributed by atoms with Crippen LogP contribution in [0.4, 0.5) is 0 Å². The number of benzene rings is 1. The number of aromatic nitrogens is 2. The second-order valence-electron chi connectivity index (χ2n) is 8.64. The molecule has 0 radical (unpaired) electrons. The van der Waals surface area contributed by atoms with E-state index in [0.29, 0.717) is 6.42 Å². The average Bonchev–Trinajstić information content (AvgIpc) is 2.74. The molecule has 6 heteroatoms. The van der Waals surface area contributed by atoms with Crippen molar-refractivity contribution in [2.75, 3.05) is 0 Å². The van der Waals surface area contributed by atoms with Crippen LogP contribution in [-0.2, 0) is 11.1 Å². The number of hydrogen-bond acceptors (Lipinski definition) is 1. The van der Waals surface area contributed by atoms with E-state index in [-0.39, 0.29) is 6.54 Å². The zero-order valence-electron chi connectivity index (χ0n) is 18.6. The number of nitrogens with zero attached hydrogens (tertiary/aromatic N) is 2. The molecule has 1 aromatic carbocycles. The number of allylic oxidation sites excluding steroid dienone is 4. The Morgan fingerprint density at radius 3 is 1.97 bits per heavy atom. The average molecular weight is 449 g/mol. The highest BCUT2D eigenvalue weighted by atomic mass is 31.2. The Bertz CT molecular complexity index is 1220. The maximum atomic E-state index is 12.2. The minimum atomic E-state index is -4.32. The molecule has 3 aromatic rings. The van der Waals surface area contributed by atoms with E-state index in [1.54, 1.807) is 12.2 Å². The Balaban J connectivity index is 1.57. The van der Waals surface area contributed by atoms with Gasteiger partial charge in [0.2, 0.25) is 5.69 Å². The second-order valence-corrected chi connectivity index (χ2v) is 10.6. The van der Waals surface area contributed by atoms with Crippen LogP contribution < -0.4 is 9.13 Å². The molecule has 0 saturated heterocycles. The first-order valence-corrected chi connectivity index (χ1v) is 12.3. The van der Waals surface area contributed by atoms with Crippen LogP contribution in [-0.4, -0.2) is 14.9 Å². The van der Waals surface area contributed by atoms with Gasteiger partial charge in [0.05, 0.1) is 0 Å². The van der Waals surface area contributed by atoms with E-state index in [1.165, 1.54) is 22.4 Å². The fraction of sp³-hybridized carbons (Fsp3) is 0.231. The first kappa shape index (κ1) is 22.3. The molecule has 0 bridgehead atoms. The molecule has 164 valence electrons. The van der Waals surface area contributed by atoms with Gasteiger partial charge in [0.15, 0.2) is 36.5 Å². The summed E-state index contributed by atoms with van der Waals surface area (Å²) in [5, 5.41) is -1.20. The maximum Gasteiger partial charge on any atom is 0.342 e. The van der Waals surface area contributed by atoms with E-state index in [4.69, 9.17) is 0 Å². The highest BCUT2D eigenvalue weighted by molar-refractivity contribution is 7.53. The largest absolute Gasteiger partial charge is 0.342 e. The van der Waals surface area contributed by atoms with Crippen LogP contribution in [0.5, 0.6) is 0 Å². The summed E-state index contributed by atoms with van der Waals surface area (Å²) in [6, 6.07) is 12.5. The summed E-state index contributed by atoms with van der Waals surface area (Å²) in [6.45, 7) is 6.60. The van der Waals surface area contributed by atoms with E-state index < -0.39 is 12.8 Å². The molecule has 1 aliphatic rings. The molecule has 0 amide bonds. The summed E-state index contributed by atoms with van der Waals surface area (Å²) in [7, 11) is -4.32. The van der Waals surface area contributed by atoms with Gasteiger partial charge in [-0.1, -0.05) is 29.9 Å². The summed E-state index contributed by atoms with van der Waals surface area (Å²) < 4.78 is 16.2. The van der Waals surface area contributed by atoms with Gasteiger partial charge >= 0.3 is 7.60 Å². The molecular weight excluding hydrogens is 419 g/mol. The van der Waals surface area contributed by atoms with Crippen molar-refractivity contribution in [1.29, 1.82) is 0 Å². The minimum Gasteiger partial charge on any atom is -0.324 e. The molecule has 2 aromatic heterocycles. The molecule has 32 heavy (non-hydrogen) atoms. The SMILES string of the molecule is Cc1cc(C)c(-[n+]2ccc(-c3cc[n+](CC4(P(=O)(O)O)C=CC=CC4)cc3)cc2)c(C)c1. The second kappa shape index (κ2) is 8.59. The van der Waals surface area contributed by atoms with Gasteiger partial charge in [0.25, 0.3) is 0 Å². The lowest BCUT2D eigenvalue weighted by Gasteiger charge is -2.28. The van der Waals surface area contributed by atoms with Crippen molar-refractivity contribution in [2.45, 2.75) is 38.9 Å². The van der Waals surface area contributed by atoms with E-state index in [2.05, 4.69) is 62.0 Å². The fourth-order valence-electron chi connectivity index (χ4n) is 4.50. The van der Waals surface area contributed by atoms with Gasteiger partial charge in [-0.2, -0.15) is 4.57 Å². The molecule has 4 rings (SSSR count). The number of pyridine rings is 2. The molecule has 1 atom stereocenters. The third kappa shape index (κ3) is 4.37. The van der Waals surface area contributed by atoms with Crippen molar-refractivity contribution >= 4 is 7.60 Å². The van der Waals surface area contributed by atoms with Crippen molar-refractivity contribution in [2.24, 2.45) is 0 Å². The van der Waals surface area contributed by atoms with Crippen molar-refractivity contribution in [3.8, 4) is 16.8 Å². The molecule has 0 spiro atoms. The summed E-state index contributed by atoms with van der Waals surface area (Å²) in [6.07, 6.45) is 15.2. The number of aryl methyl sites for hydroxylation is 3. The van der Waals surface area contributed by atoms with Gasteiger partial charge in [-0.15, -0.1) is 0 Å². The van der Waals surface area contributed by atoms with Crippen molar-refractivity contribution in [3.63, 3.8) is 0 Å². The summed E-state index contributed by atoms with van der Waals surface area (Å²) in [5.74, 6) is 0. The van der Waals surface area contributed by atoms with Gasteiger partial charge in [0, 0.05) is 35.4 Å². The van der Waals surface area contributed by atoms with Crippen LogP contribution in [0.15, 0.2) is 85.5 Å². The Morgan fingerprint density at radius 1 is 0.906 bits per heavy atom. The lowest BCUT2D eigenvalue weighted by Crippen LogP contribution is -2.46. The Kier molecular flexibility index (Phi) is 6.00. The van der Waals surface area contributed by atoms with Crippen molar-refractivity contribution < 1.29 is 23.5 Å². The zero-order chi connectivity index (χ0) is 22.9. The van der Waals surface area contributed by atoms with E-state index in [0.717, 1.165) is 11.1 Å². The predicted molar refractivity (Wildman–Crippen MR) is 125 cm³/mol. The highest BCUT2D eigenvalue weighted by Gasteiger charge is 2.48. The molecule has 1 unspecified atom stereocenters. The lowest BCUT2D eigenvalue weighted by atomic mass is 9.99. The molecule has 5 nitrogen and oxygen atoms in total. The molecule has 2 N–H and O–H groups in total. The molecule has 0 aliphatic heterocycles. The van der Waals surface area contributed by atoms with E-state index >= 15 is 0 Å². The van der Waals surface area contributed by atoms with E-state index in [9.17, 15) is 14.4 Å². The standard InChI is InChI=1S/C26H27N2O3P/c1-20-17-21(2)25(22(3)18-20)28-15-9-24(10-16-28)23-7-13-27(14-8-23)19-26(32(29,30)31)11-5-4-6-12-26/h4-11,13-18H,12,19H2,1-3H3/p+2. The number of rotatable bonds is 5.